The third kappa shape index (κ3) is 4.93. The van der Waals surface area contributed by atoms with Crippen LogP contribution >= 0.6 is 11.6 Å². The minimum absolute atomic E-state index is 0.375. The van der Waals surface area contributed by atoms with Crippen molar-refractivity contribution in [1.82, 2.24) is 4.98 Å². The van der Waals surface area contributed by atoms with Crippen LogP contribution in [-0.4, -0.2) is 31.2 Å². The molecule has 0 unspecified atom stereocenters. The van der Waals surface area contributed by atoms with Crippen molar-refractivity contribution < 1.29 is 14.3 Å². The number of nitrogens with zero attached hydrogens (tertiary/aromatic N) is 1. The van der Waals surface area contributed by atoms with Crippen molar-refractivity contribution in [1.29, 1.82) is 0 Å². The molecule has 0 amide bonds. The van der Waals surface area contributed by atoms with E-state index in [1.54, 1.807) is 30.6 Å². The van der Waals surface area contributed by atoms with E-state index in [2.05, 4.69) is 15.0 Å². The first-order valence-electron chi connectivity index (χ1n) is 6.84. The number of rotatable bonds is 7. The molecule has 5 nitrogen and oxygen atoms in total. The molecule has 0 fully saturated rings. The van der Waals surface area contributed by atoms with E-state index in [-0.39, 0.29) is 0 Å². The predicted octanol–water partition coefficient (Wildman–Crippen LogP) is 3.40. The van der Waals surface area contributed by atoms with Crippen molar-refractivity contribution in [2.24, 2.45) is 0 Å². The molecule has 0 bridgehead atoms. The molecule has 0 aliphatic rings. The van der Waals surface area contributed by atoms with Crippen LogP contribution in [0.15, 0.2) is 42.7 Å². The van der Waals surface area contributed by atoms with Crippen molar-refractivity contribution in [2.45, 2.75) is 6.42 Å². The first-order valence-corrected chi connectivity index (χ1v) is 7.22. The SMILES string of the molecule is COC(=O)c1cc(Cl)cc(OCCCNc2ccncc2)c1. The molecule has 116 valence electrons. The molecule has 0 saturated heterocycles. The molecule has 6 heteroatoms. The van der Waals surface area contributed by atoms with Crippen LogP contribution in [0.3, 0.4) is 0 Å². The summed E-state index contributed by atoms with van der Waals surface area (Å²) in [4.78, 5) is 15.5. The van der Waals surface area contributed by atoms with E-state index in [1.807, 2.05) is 12.1 Å². The molecule has 1 heterocycles. The molecule has 1 N–H and O–H groups in total. The molecule has 2 rings (SSSR count). The fourth-order valence-electron chi connectivity index (χ4n) is 1.85. The number of aromatic nitrogens is 1. The summed E-state index contributed by atoms with van der Waals surface area (Å²) >= 11 is 5.97. The fourth-order valence-corrected chi connectivity index (χ4v) is 2.07. The highest BCUT2D eigenvalue weighted by atomic mass is 35.5. The standard InChI is InChI=1S/C16H17ClN2O3/c1-21-16(20)12-9-13(17)11-15(10-12)22-8-2-5-19-14-3-6-18-7-4-14/h3-4,6-7,9-11H,2,5,8H2,1H3,(H,18,19). The molecule has 0 saturated carbocycles. The summed E-state index contributed by atoms with van der Waals surface area (Å²) in [5.41, 5.74) is 1.39. The normalized spacial score (nSPS) is 10.1. The van der Waals surface area contributed by atoms with Crippen LogP contribution in [0, 0.1) is 0 Å². The molecular weight excluding hydrogens is 304 g/mol. The molecule has 0 spiro atoms. The summed E-state index contributed by atoms with van der Waals surface area (Å²) in [5, 5.41) is 3.70. The Morgan fingerprint density at radius 3 is 2.77 bits per heavy atom. The Labute approximate surface area is 134 Å². The Bertz CT molecular complexity index is 620. The lowest BCUT2D eigenvalue weighted by molar-refractivity contribution is 0.0600. The molecule has 1 aromatic heterocycles. The third-order valence-corrected chi connectivity index (χ3v) is 3.11. The van der Waals surface area contributed by atoms with Gasteiger partial charge in [-0.25, -0.2) is 4.79 Å². The van der Waals surface area contributed by atoms with E-state index < -0.39 is 5.97 Å². The summed E-state index contributed by atoms with van der Waals surface area (Å²) in [7, 11) is 1.33. The number of pyridine rings is 1. The Balaban J connectivity index is 1.79. The number of benzene rings is 1. The highest BCUT2D eigenvalue weighted by Gasteiger charge is 2.08. The van der Waals surface area contributed by atoms with E-state index in [9.17, 15) is 4.79 Å². The Morgan fingerprint density at radius 1 is 1.27 bits per heavy atom. The lowest BCUT2D eigenvalue weighted by Gasteiger charge is -2.09. The average molecular weight is 321 g/mol. The van der Waals surface area contributed by atoms with Crippen molar-refractivity contribution in [3.8, 4) is 5.75 Å². The van der Waals surface area contributed by atoms with Crippen LogP contribution in [0.25, 0.3) is 0 Å². The smallest absolute Gasteiger partial charge is 0.338 e. The van der Waals surface area contributed by atoms with Gasteiger partial charge in [0.05, 0.1) is 19.3 Å². The molecule has 22 heavy (non-hydrogen) atoms. The van der Waals surface area contributed by atoms with Gasteiger partial charge in [-0.1, -0.05) is 11.6 Å². The van der Waals surface area contributed by atoms with Gasteiger partial charge in [0.2, 0.25) is 0 Å². The van der Waals surface area contributed by atoms with Gasteiger partial charge in [0.15, 0.2) is 0 Å². The van der Waals surface area contributed by atoms with Crippen molar-refractivity contribution >= 4 is 23.3 Å². The lowest BCUT2D eigenvalue weighted by Crippen LogP contribution is -2.08. The number of nitrogens with one attached hydrogen (secondary N) is 1. The molecule has 2 aromatic rings. The van der Waals surface area contributed by atoms with Gasteiger partial charge >= 0.3 is 5.97 Å². The quantitative estimate of drug-likeness (QED) is 0.626. The van der Waals surface area contributed by atoms with Crippen molar-refractivity contribution in [2.75, 3.05) is 25.6 Å². The third-order valence-electron chi connectivity index (χ3n) is 2.89. The van der Waals surface area contributed by atoms with Gasteiger partial charge in [-0.05, 0) is 36.8 Å². The number of methoxy groups -OCH3 is 1. The van der Waals surface area contributed by atoms with Crippen molar-refractivity contribution in [3.05, 3.63) is 53.3 Å². The van der Waals surface area contributed by atoms with E-state index in [0.717, 1.165) is 18.7 Å². The van der Waals surface area contributed by atoms with Gasteiger partial charge in [0, 0.05) is 29.6 Å². The second-order valence-corrected chi connectivity index (χ2v) is 4.97. The van der Waals surface area contributed by atoms with Gasteiger partial charge in [-0.15, -0.1) is 0 Å². The molecule has 0 aliphatic heterocycles. The Kier molecular flexibility index (Phi) is 6.03. The first kappa shape index (κ1) is 16.1. The van der Waals surface area contributed by atoms with Gasteiger partial charge in [-0.3, -0.25) is 4.98 Å². The number of hydrogen-bond donors (Lipinski definition) is 1. The van der Waals surface area contributed by atoms with E-state index >= 15 is 0 Å². The first-order chi connectivity index (χ1) is 10.7. The predicted molar refractivity (Wildman–Crippen MR) is 85.6 cm³/mol. The van der Waals surface area contributed by atoms with E-state index in [1.165, 1.54) is 7.11 Å². The zero-order chi connectivity index (χ0) is 15.8. The lowest BCUT2D eigenvalue weighted by atomic mass is 10.2. The molecule has 0 aliphatic carbocycles. The molecule has 0 radical (unpaired) electrons. The average Bonchev–Trinajstić information content (AvgIpc) is 2.54. The van der Waals surface area contributed by atoms with Crippen LogP contribution in [0.4, 0.5) is 5.69 Å². The second kappa shape index (κ2) is 8.24. The largest absolute Gasteiger partial charge is 0.493 e. The van der Waals surface area contributed by atoms with Crippen molar-refractivity contribution in [3.63, 3.8) is 0 Å². The molecule has 0 atom stereocenters. The van der Waals surface area contributed by atoms with E-state index in [4.69, 9.17) is 16.3 Å². The number of halogens is 1. The van der Waals surface area contributed by atoms with Gasteiger partial charge in [0.25, 0.3) is 0 Å². The summed E-state index contributed by atoms with van der Waals surface area (Å²) < 4.78 is 10.3. The summed E-state index contributed by atoms with van der Waals surface area (Å²) in [6.07, 6.45) is 4.28. The Hall–Kier alpha value is -2.27. The number of carbonyl (C=O) groups excluding carboxylic acids is 1. The van der Waals surface area contributed by atoms with Crippen LogP contribution < -0.4 is 10.1 Å². The van der Waals surface area contributed by atoms with Gasteiger partial charge in [0.1, 0.15) is 5.75 Å². The van der Waals surface area contributed by atoms with Crippen LogP contribution in [0.5, 0.6) is 5.75 Å². The highest BCUT2D eigenvalue weighted by molar-refractivity contribution is 6.31. The maximum absolute atomic E-state index is 11.5. The number of ether oxygens (including phenoxy) is 2. The van der Waals surface area contributed by atoms with E-state index in [0.29, 0.717) is 22.9 Å². The maximum atomic E-state index is 11.5. The van der Waals surface area contributed by atoms with Crippen LogP contribution in [0.2, 0.25) is 5.02 Å². The topological polar surface area (TPSA) is 60.5 Å². The summed E-state index contributed by atoms with van der Waals surface area (Å²) in [6.45, 7) is 1.29. The monoisotopic (exact) mass is 320 g/mol. The molecular formula is C16H17ClN2O3. The van der Waals surface area contributed by atoms with Crippen LogP contribution in [0.1, 0.15) is 16.8 Å². The number of hydrogen-bond acceptors (Lipinski definition) is 5. The fraction of sp³-hybridized carbons (Fsp3) is 0.250. The summed E-state index contributed by atoms with van der Waals surface area (Å²) in [6, 6.07) is 8.64. The Morgan fingerprint density at radius 2 is 2.05 bits per heavy atom. The minimum atomic E-state index is -0.438. The zero-order valence-corrected chi connectivity index (χ0v) is 13.0. The number of anilines is 1. The number of esters is 1. The van der Waals surface area contributed by atoms with Crippen LogP contribution in [-0.2, 0) is 4.74 Å². The van der Waals surface area contributed by atoms with Gasteiger partial charge in [-0.2, -0.15) is 0 Å². The number of carbonyl (C=O) groups is 1. The van der Waals surface area contributed by atoms with Gasteiger partial charge < -0.3 is 14.8 Å². The maximum Gasteiger partial charge on any atom is 0.338 e. The second-order valence-electron chi connectivity index (χ2n) is 4.53. The molecule has 1 aromatic carbocycles. The zero-order valence-electron chi connectivity index (χ0n) is 12.2. The highest BCUT2D eigenvalue weighted by Crippen LogP contribution is 2.21. The minimum Gasteiger partial charge on any atom is -0.493 e. The summed E-state index contributed by atoms with van der Waals surface area (Å²) in [5.74, 6) is 0.114.